The summed E-state index contributed by atoms with van der Waals surface area (Å²) >= 11 is 0. The number of halogens is 2. The van der Waals surface area contributed by atoms with Gasteiger partial charge in [0, 0.05) is 44.3 Å². The minimum atomic E-state index is -1.14. The fraction of sp³-hybridized carbons (Fsp3) is 0.394. The molecule has 0 bridgehead atoms. The van der Waals surface area contributed by atoms with E-state index in [-0.39, 0.29) is 53.6 Å². The summed E-state index contributed by atoms with van der Waals surface area (Å²) < 4.78 is 35.7. The van der Waals surface area contributed by atoms with Gasteiger partial charge >= 0.3 is 6.03 Å². The zero-order valence-corrected chi connectivity index (χ0v) is 24.7. The molecule has 0 spiro atoms. The number of ketones is 2. The quantitative estimate of drug-likeness (QED) is 0.304. The van der Waals surface area contributed by atoms with Crippen LogP contribution >= 0.6 is 0 Å². The van der Waals surface area contributed by atoms with Crippen molar-refractivity contribution < 1.29 is 27.9 Å². The molecule has 1 N–H and O–H groups in total. The number of rotatable bonds is 10. The van der Waals surface area contributed by atoms with Gasteiger partial charge in [0.1, 0.15) is 17.4 Å². The Labute approximate surface area is 250 Å². The third-order valence-electron chi connectivity index (χ3n) is 8.51. The highest BCUT2D eigenvalue weighted by molar-refractivity contribution is 6.11. The van der Waals surface area contributed by atoms with Gasteiger partial charge in [0.15, 0.2) is 23.1 Å². The van der Waals surface area contributed by atoms with Gasteiger partial charge in [-0.05, 0) is 76.0 Å². The van der Waals surface area contributed by atoms with E-state index in [0.29, 0.717) is 12.8 Å². The minimum Gasteiger partial charge on any atom is -0.454 e. The maximum Gasteiger partial charge on any atom is 0.323 e. The van der Waals surface area contributed by atoms with Crippen LogP contribution in [0.5, 0.6) is 11.5 Å². The van der Waals surface area contributed by atoms with E-state index in [9.17, 15) is 14.4 Å². The summed E-state index contributed by atoms with van der Waals surface area (Å²) in [5.41, 5.74) is 0.614. The first-order valence-electron chi connectivity index (χ1n) is 14.5. The topological polar surface area (TPSA) is 91.8 Å². The van der Waals surface area contributed by atoms with Gasteiger partial charge in [0.2, 0.25) is 0 Å². The number of urea groups is 1. The third kappa shape index (κ3) is 7.07. The molecular formula is C33H36F2N4O4. The lowest BCUT2D eigenvalue weighted by Crippen LogP contribution is -2.46. The molecule has 1 aliphatic heterocycles. The number of nitrogens with zero attached hydrogens (tertiary/aromatic N) is 3. The van der Waals surface area contributed by atoms with Gasteiger partial charge < -0.3 is 14.5 Å². The smallest absolute Gasteiger partial charge is 0.323 e. The summed E-state index contributed by atoms with van der Waals surface area (Å²) in [5.74, 6) is -2.30. The molecule has 0 atom stereocenters. The van der Waals surface area contributed by atoms with Crippen molar-refractivity contribution in [2.75, 3.05) is 32.5 Å². The van der Waals surface area contributed by atoms with E-state index in [1.807, 2.05) is 38.2 Å². The number of nitrogens with one attached hydrogen (secondary N) is 1. The van der Waals surface area contributed by atoms with Crippen LogP contribution in [0.25, 0.3) is 0 Å². The normalized spacial score (nSPS) is 16.4. The molecule has 1 aliphatic carbocycles. The highest BCUT2D eigenvalue weighted by Gasteiger charge is 2.54. The Morgan fingerprint density at radius 1 is 1.00 bits per heavy atom. The van der Waals surface area contributed by atoms with Crippen LogP contribution < -0.4 is 10.1 Å². The average Bonchev–Trinajstić information content (AvgIpc) is 3.80. The number of anilines is 1. The lowest BCUT2D eigenvalue weighted by molar-refractivity contribution is -0.133. The SMILES string of the molecule is Cc1ccc(CC(=O)C2(C(=O)Cc3cc(F)c(Oc4ccnc(NC(=O)N(C)C5CCN(C)CC5)c4)cc3F)CC2)cc1. The molecule has 226 valence electrons. The Morgan fingerprint density at radius 2 is 1.67 bits per heavy atom. The second-order valence-electron chi connectivity index (χ2n) is 11.7. The summed E-state index contributed by atoms with van der Waals surface area (Å²) in [6.45, 7) is 3.77. The minimum absolute atomic E-state index is 0.110. The lowest BCUT2D eigenvalue weighted by Gasteiger charge is -2.34. The van der Waals surface area contributed by atoms with Gasteiger partial charge in [-0.3, -0.25) is 14.9 Å². The Bertz CT molecular complexity index is 1520. The van der Waals surface area contributed by atoms with Gasteiger partial charge in [-0.2, -0.15) is 0 Å². The van der Waals surface area contributed by atoms with Crippen LogP contribution in [-0.2, 0) is 22.4 Å². The maximum atomic E-state index is 15.1. The van der Waals surface area contributed by atoms with E-state index in [1.54, 1.807) is 11.9 Å². The van der Waals surface area contributed by atoms with Gasteiger partial charge in [-0.15, -0.1) is 0 Å². The molecule has 0 radical (unpaired) electrons. The Balaban J connectivity index is 1.21. The maximum absolute atomic E-state index is 15.1. The van der Waals surface area contributed by atoms with Gasteiger partial charge in [0.25, 0.3) is 0 Å². The lowest BCUT2D eigenvalue weighted by atomic mass is 9.87. The van der Waals surface area contributed by atoms with Crippen LogP contribution in [-0.4, -0.2) is 65.6 Å². The van der Waals surface area contributed by atoms with Crippen LogP contribution in [0.2, 0.25) is 0 Å². The molecule has 2 heterocycles. The molecule has 1 saturated heterocycles. The zero-order valence-electron chi connectivity index (χ0n) is 24.7. The van der Waals surface area contributed by atoms with Gasteiger partial charge in [-0.25, -0.2) is 18.6 Å². The second kappa shape index (κ2) is 12.6. The van der Waals surface area contributed by atoms with Gasteiger partial charge in [0.05, 0.1) is 5.41 Å². The molecule has 43 heavy (non-hydrogen) atoms. The van der Waals surface area contributed by atoms with E-state index in [4.69, 9.17) is 4.74 Å². The predicted octanol–water partition coefficient (Wildman–Crippen LogP) is 5.72. The first-order chi connectivity index (χ1) is 20.5. The van der Waals surface area contributed by atoms with Gasteiger partial charge in [-0.1, -0.05) is 29.8 Å². The number of hydrogen-bond donors (Lipinski definition) is 1. The Hall–Kier alpha value is -4.18. The van der Waals surface area contributed by atoms with E-state index >= 15 is 8.78 Å². The number of hydrogen-bond acceptors (Lipinski definition) is 6. The van der Waals surface area contributed by atoms with Crippen molar-refractivity contribution in [1.82, 2.24) is 14.8 Å². The van der Waals surface area contributed by atoms with Crippen LogP contribution in [0.4, 0.5) is 19.4 Å². The monoisotopic (exact) mass is 590 g/mol. The van der Waals surface area contributed by atoms with Crippen molar-refractivity contribution in [3.05, 3.63) is 83.1 Å². The number of piperidine rings is 1. The van der Waals surface area contributed by atoms with E-state index in [1.165, 1.54) is 18.3 Å². The third-order valence-corrected chi connectivity index (χ3v) is 8.51. The summed E-state index contributed by atoms with van der Waals surface area (Å²) in [7, 11) is 3.79. The van der Waals surface area contributed by atoms with Crippen molar-refractivity contribution in [3.8, 4) is 11.5 Å². The molecule has 2 aromatic carbocycles. The number of aryl methyl sites for hydroxylation is 1. The molecule has 10 heteroatoms. The van der Waals surface area contributed by atoms with E-state index in [2.05, 4.69) is 15.2 Å². The fourth-order valence-electron chi connectivity index (χ4n) is 5.44. The summed E-state index contributed by atoms with van der Waals surface area (Å²) in [6, 6.07) is 12.0. The number of likely N-dealkylation sites (tertiary alicyclic amines) is 1. The number of benzene rings is 2. The first kappa shape index (κ1) is 30.3. The highest BCUT2D eigenvalue weighted by Crippen LogP contribution is 2.49. The number of amides is 2. The summed E-state index contributed by atoms with van der Waals surface area (Å²) in [6.07, 6.45) is 3.69. The Morgan fingerprint density at radius 3 is 2.35 bits per heavy atom. The van der Waals surface area contributed by atoms with Crippen LogP contribution in [0.15, 0.2) is 54.7 Å². The molecule has 5 rings (SSSR count). The number of Topliss-reactive ketones (excluding diaryl/α,β-unsaturated/α-hetero) is 2. The largest absolute Gasteiger partial charge is 0.454 e. The number of carbonyl (C=O) groups is 3. The van der Waals surface area contributed by atoms with Crippen molar-refractivity contribution in [2.45, 2.75) is 51.5 Å². The fourth-order valence-corrected chi connectivity index (χ4v) is 5.44. The van der Waals surface area contributed by atoms with Crippen molar-refractivity contribution >= 4 is 23.4 Å². The number of pyridine rings is 1. The highest BCUT2D eigenvalue weighted by atomic mass is 19.1. The van der Waals surface area contributed by atoms with E-state index < -0.39 is 22.8 Å². The molecule has 3 aromatic rings. The molecule has 1 aromatic heterocycles. The summed E-state index contributed by atoms with van der Waals surface area (Å²) in [5, 5.41) is 2.73. The first-order valence-corrected chi connectivity index (χ1v) is 14.5. The second-order valence-corrected chi connectivity index (χ2v) is 11.7. The van der Waals surface area contributed by atoms with Crippen molar-refractivity contribution in [1.29, 1.82) is 0 Å². The standard InChI is InChI=1S/C33H36F2N4O4/c1-21-4-6-22(7-5-21)16-29(40)33(11-12-33)30(41)18-23-17-27(35)28(20-26(23)34)43-25-8-13-36-31(19-25)37-32(42)39(3)24-9-14-38(2)15-10-24/h4-8,13,17,19-20,24H,9-12,14-16,18H2,1-3H3,(H,36,37,42). The molecule has 2 amide bonds. The van der Waals surface area contributed by atoms with E-state index in [0.717, 1.165) is 49.2 Å². The molecule has 8 nitrogen and oxygen atoms in total. The van der Waals surface area contributed by atoms with Crippen molar-refractivity contribution in [3.63, 3.8) is 0 Å². The van der Waals surface area contributed by atoms with Crippen LogP contribution in [0.1, 0.15) is 42.4 Å². The number of carbonyl (C=O) groups excluding carboxylic acids is 3. The Kier molecular flexibility index (Phi) is 8.87. The molecule has 2 aliphatic rings. The van der Waals surface area contributed by atoms with Crippen molar-refractivity contribution in [2.24, 2.45) is 5.41 Å². The molecule has 0 unspecified atom stereocenters. The molecule has 2 fully saturated rings. The van der Waals surface area contributed by atoms with Crippen LogP contribution in [0.3, 0.4) is 0 Å². The predicted molar refractivity (Wildman–Crippen MR) is 158 cm³/mol. The van der Waals surface area contributed by atoms with Crippen LogP contribution in [0, 0.1) is 24.0 Å². The number of ether oxygens (including phenoxy) is 1. The summed E-state index contributed by atoms with van der Waals surface area (Å²) in [4.78, 5) is 46.9. The molecule has 1 saturated carbocycles. The number of aromatic nitrogens is 1. The average molecular weight is 591 g/mol. The zero-order chi connectivity index (χ0) is 30.7. The molecular weight excluding hydrogens is 554 g/mol.